The van der Waals surface area contributed by atoms with E-state index in [2.05, 4.69) is 81.2 Å². The van der Waals surface area contributed by atoms with Gasteiger partial charge in [-0.2, -0.15) is 11.3 Å². The molecule has 3 aliphatic rings. The lowest BCUT2D eigenvalue weighted by molar-refractivity contribution is 0.0703. The average Bonchev–Trinajstić information content (AvgIpc) is 1.61. The monoisotopic (exact) mass is 1430 g/mol. The first-order valence-electron chi connectivity index (χ1n) is 34.2. The van der Waals surface area contributed by atoms with E-state index >= 15 is 0 Å². The summed E-state index contributed by atoms with van der Waals surface area (Å²) in [4.78, 5) is 95.9. The lowest BCUT2D eigenvalue weighted by atomic mass is 9.95. The number of Topliss-reactive ketones (excluding diaryl/α,β-unsaturated/α-hetero) is 1. The minimum Gasteiger partial charge on any atom is -0.495 e. The number of amides is 3. The number of anilines is 3. The molecule has 3 saturated heterocycles. The van der Waals surface area contributed by atoms with Crippen LogP contribution in [-0.4, -0.2) is 143 Å². The van der Waals surface area contributed by atoms with Gasteiger partial charge in [-0.15, -0.1) is 11.3 Å². The molecule has 11 aromatic heterocycles. The number of nitrogens with one attached hydrogen (secondary N) is 3. The van der Waals surface area contributed by atoms with E-state index in [1.54, 1.807) is 67.4 Å². The number of nitrogens with two attached hydrogens (primary N) is 3. The van der Waals surface area contributed by atoms with Gasteiger partial charge in [-0.05, 0) is 124 Å². The number of para-hydroxylation sites is 3. The summed E-state index contributed by atoms with van der Waals surface area (Å²) in [5.74, 6) is 5.36. The molecule has 3 aliphatic heterocycles. The number of carbonyl (C=O) groups excluding carboxylic acids is 4. The Bertz CT molecular complexity index is 5620. The summed E-state index contributed by atoms with van der Waals surface area (Å²) >= 11 is 8.94. The van der Waals surface area contributed by atoms with Crippen molar-refractivity contribution in [3.63, 3.8) is 0 Å². The Labute approximate surface area is 603 Å². The van der Waals surface area contributed by atoms with Crippen LogP contribution in [0.2, 0.25) is 5.02 Å². The lowest BCUT2D eigenvalue weighted by Gasteiger charge is -2.31. The molecule has 0 bridgehead atoms. The quantitative estimate of drug-likeness (QED) is 0.0656. The van der Waals surface area contributed by atoms with Gasteiger partial charge in [0.1, 0.15) is 74.3 Å². The van der Waals surface area contributed by atoms with Crippen LogP contribution in [-0.2, 0) is 0 Å². The standard InChI is InChI=1S/C27H25ClN6O2.C26H24N6O2S.C24H22N6OS/c1-36-22-15-18(6-7-19(22)28)27(35)33-11-8-16(9-12-33)26-32-23(24-25(29)30-10-13-34(24)26)21-14-17-4-2-3-5-20(17)31-21;1-15(33)20-6-7-21(35-20)26(34)31-11-8-16(9-12-31)25-30-22(23-24(27)28-10-13-32(23)25)19-14-17-4-2-3-5-18(17)29-19;25-22-21-20(19-13-16-3-1-2-4-18(16)27-19)28-23(30(21)11-8-26-22)15-5-9-29(10-6-15)24(31)17-7-12-32-14-17/h2-7,10,13-16,31H,8-9,11-12H2,1H3,(H2,29,30);2-7,10,13-14,16,29H,8-9,11-12H2,1H3,(H2,27,28);1-4,7-8,11-15,27H,5-6,9-10H2,(H2,25,26). The number of benzene rings is 4. The predicted octanol–water partition coefficient (Wildman–Crippen LogP) is 14.4. The maximum Gasteiger partial charge on any atom is 0.263 e. The van der Waals surface area contributed by atoms with Gasteiger partial charge in [0, 0.05) is 138 Å². The van der Waals surface area contributed by atoms with Crippen LogP contribution in [0.15, 0.2) is 175 Å². The number of fused-ring (bicyclic) bond motifs is 6. The first-order chi connectivity index (χ1) is 50.2. The largest absolute Gasteiger partial charge is 0.495 e. The minimum atomic E-state index is -0.0244. The number of imidazole rings is 3. The molecule has 26 heteroatoms. The van der Waals surface area contributed by atoms with Crippen molar-refractivity contribution in [2.75, 3.05) is 63.6 Å². The van der Waals surface area contributed by atoms with Crippen molar-refractivity contribution in [3.8, 4) is 39.9 Å². The fourth-order valence-corrected chi connectivity index (χ4v) is 16.3. The number of nitrogens with zero attached hydrogens (tertiary/aromatic N) is 12. The Morgan fingerprint density at radius 3 is 1.24 bits per heavy atom. The number of nitrogen functional groups attached to an aromatic ring is 3. The number of hydrogen-bond donors (Lipinski definition) is 6. The molecular formula is C77H71ClN18O5S2. The number of hydrogen-bond acceptors (Lipinski definition) is 16. The Hall–Kier alpha value is -11.7. The number of ether oxygens (including phenoxy) is 1. The van der Waals surface area contributed by atoms with Crippen LogP contribution < -0.4 is 21.9 Å². The van der Waals surface area contributed by atoms with E-state index in [1.165, 1.54) is 18.3 Å². The van der Waals surface area contributed by atoms with Gasteiger partial charge in [-0.3, -0.25) is 32.4 Å². The van der Waals surface area contributed by atoms with Crippen LogP contribution in [0.5, 0.6) is 5.75 Å². The second-order valence-corrected chi connectivity index (χ2v) is 28.4. The van der Waals surface area contributed by atoms with E-state index in [9.17, 15) is 19.2 Å². The first-order valence-corrected chi connectivity index (χ1v) is 36.3. The molecule has 18 rings (SSSR count). The van der Waals surface area contributed by atoms with Crippen molar-refractivity contribution in [1.29, 1.82) is 0 Å². The third-order valence-corrected chi connectivity index (χ3v) is 22.1. The van der Waals surface area contributed by atoms with E-state index in [0.29, 0.717) is 69.7 Å². The molecule has 0 aliphatic carbocycles. The SMILES string of the molecule is CC(=O)c1ccc(C(=O)N2CCC(c3nc(-c4cc5ccccc5[nH]4)c4c(N)nccn34)CC2)s1.COc1cc(C(=O)N2CCC(c3nc(-c4cc5ccccc5[nH]4)c4c(N)nccn34)CC2)ccc1Cl.Nc1nccn2c(C3CCN(C(=O)c4ccsc4)CC3)nc(-c3cc4ccccc4[nH]3)c12. The number of H-pyrrole nitrogens is 3. The third-order valence-electron chi connectivity index (χ3n) is 20.0. The Kier molecular flexibility index (Phi) is 17.7. The third kappa shape index (κ3) is 12.6. The summed E-state index contributed by atoms with van der Waals surface area (Å²) in [6.45, 7) is 5.49. The smallest absolute Gasteiger partial charge is 0.263 e. The molecule has 518 valence electrons. The van der Waals surface area contributed by atoms with Crippen LogP contribution >= 0.6 is 34.3 Å². The molecule has 14 heterocycles. The van der Waals surface area contributed by atoms with E-state index in [-0.39, 0.29) is 41.3 Å². The highest BCUT2D eigenvalue weighted by molar-refractivity contribution is 7.16. The van der Waals surface area contributed by atoms with Gasteiger partial charge in [0.05, 0.1) is 44.5 Å². The van der Waals surface area contributed by atoms with Gasteiger partial charge in [-0.1, -0.05) is 66.2 Å². The number of aromatic nitrogens is 12. The fourth-order valence-electron chi connectivity index (χ4n) is 14.7. The number of piperidine rings is 3. The maximum absolute atomic E-state index is 13.1. The molecule has 0 atom stereocenters. The fraction of sp³-hybridized carbons (Fsp3) is 0.221. The Balaban J connectivity index is 0.000000119. The van der Waals surface area contributed by atoms with Crippen molar-refractivity contribution in [2.24, 2.45) is 0 Å². The highest BCUT2D eigenvalue weighted by Crippen LogP contribution is 2.40. The summed E-state index contributed by atoms with van der Waals surface area (Å²) in [6.07, 6.45) is 15.8. The minimum absolute atomic E-state index is 0.0128. The maximum atomic E-state index is 13.1. The number of rotatable bonds is 11. The zero-order valence-corrected chi connectivity index (χ0v) is 58.7. The second-order valence-electron chi connectivity index (χ2n) is 26.1. The van der Waals surface area contributed by atoms with Crippen molar-refractivity contribution in [3.05, 3.63) is 219 Å². The van der Waals surface area contributed by atoms with Crippen LogP contribution in [0, 0.1) is 0 Å². The summed E-state index contributed by atoms with van der Waals surface area (Å²) in [6, 6.07) is 41.2. The molecule has 0 saturated carbocycles. The molecule has 0 spiro atoms. The molecule has 4 aromatic carbocycles. The number of aromatic amines is 3. The van der Waals surface area contributed by atoms with Crippen LogP contribution in [0.4, 0.5) is 17.5 Å². The van der Waals surface area contributed by atoms with E-state index in [1.807, 2.05) is 103 Å². The summed E-state index contributed by atoms with van der Waals surface area (Å²) < 4.78 is 11.4. The van der Waals surface area contributed by atoms with Gasteiger partial charge in [0.15, 0.2) is 5.78 Å². The first kappa shape index (κ1) is 65.9. The predicted molar refractivity (Wildman–Crippen MR) is 404 cm³/mol. The number of methoxy groups -OCH3 is 1. The Morgan fingerprint density at radius 1 is 0.485 bits per heavy atom. The van der Waals surface area contributed by atoms with Crippen molar-refractivity contribution < 1.29 is 23.9 Å². The highest BCUT2D eigenvalue weighted by Gasteiger charge is 2.34. The summed E-state index contributed by atoms with van der Waals surface area (Å²) in [5, 5.41) is 7.70. The molecule has 9 N–H and O–H groups in total. The van der Waals surface area contributed by atoms with E-state index in [0.717, 1.165) is 158 Å². The van der Waals surface area contributed by atoms with Gasteiger partial charge in [0.2, 0.25) is 0 Å². The summed E-state index contributed by atoms with van der Waals surface area (Å²) in [7, 11) is 1.54. The molecule has 23 nitrogen and oxygen atoms in total. The molecule has 3 amide bonds. The lowest BCUT2D eigenvalue weighted by Crippen LogP contribution is -2.38. The van der Waals surface area contributed by atoms with Crippen molar-refractivity contribution in [1.82, 2.24) is 72.8 Å². The van der Waals surface area contributed by atoms with E-state index in [4.69, 9.17) is 48.5 Å². The number of halogens is 1. The van der Waals surface area contributed by atoms with Crippen molar-refractivity contribution in [2.45, 2.75) is 63.2 Å². The average molecular weight is 1430 g/mol. The number of carbonyl (C=O) groups is 4. The summed E-state index contributed by atoms with van der Waals surface area (Å²) in [5.41, 5.74) is 31.0. The van der Waals surface area contributed by atoms with Crippen LogP contribution in [0.3, 0.4) is 0 Å². The molecular weight excluding hydrogens is 1360 g/mol. The van der Waals surface area contributed by atoms with Crippen molar-refractivity contribution >= 4 is 124 Å². The van der Waals surface area contributed by atoms with Gasteiger partial charge < -0.3 is 51.6 Å². The number of likely N-dealkylation sites (tertiary alicyclic amines) is 3. The molecule has 3 fully saturated rings. The Morgan fingerprint density at radius 2 is 0.874 bits per heavy atom. The van der Waals surface area contributed by atoms with Gasteiger partial charge >= 0.3 is 0 Å². The highest BCUT2D eigenvalue weighted by atomic mass is 35.5. The molecule has 0 unspecified atom stereocenters. The molecule has 103 heavy (non-hydrogen) atoms. The zero-order valence-electron chi connectivity index (χ0n) is 56.3. The van der Waals surface area contributed by atoms with E-state index < -0.39 is 0 Å². The van der Waals surface area contributed by atoms with Crippen LogP contribution in [0.1, 0.15) is 121 Å². The van der Waals surface area contributed by atoms with Crippen LogP contribution in [0.25, 0.3) is 83.4 Å². The van der Waals surface area contributed by atoms with Gasteiger partial charge in [-0.25, -0.2) is 29.9 Å². The normalized spacial score (nSPS) is 14.8. The molecule has 15 aromatic rings. The second kappa shape index (κ2) is 27.7. The zero-order chi connectivity index (χ0) is 70.6. The number of ketones is 1. The van der Waals surface area contributed by atoms with Gasteiger partial charge in [0.25, 0.3) is 17.7 Å². The molecule has 0 radical (unpaired) electrons. The number of thiophene rings is 2. The topological polar surface area (TPSA) is 303 Å².